The van der Waals surface area contributed by atoms with Gasteiger partial charge in [0, 0.05) is 18.9 Å². The Morgan fingerprint density at radius 1 is 1.50 bits per heavy atom. The number of nitrogens with one attached hydrogen (secondary N) is 1. The molecule has 4 heteroatoms. The van der Waals surface area contributed by atoms with E-state index in [0.29, 0.717) is 5.82 Å². The Hall–Kier alpha value is -1.16. The number of ether oxygens (including phenoxy) is 1. The summed E-state index contributed by atoms with van der Waals surface area (Å²) in [4.78, 5) is 18.7. The summed E-state index contributed by atoms with van der Waals surface area (Å²) in [5, 5.41) is 0. The molecule has 1 aromatic heterocycles. The van der Waals surface area contributed by atoms with Crippen LogP contribution < -0.4 is 5.56 Å². The standard InChI is InChI=1S/C12H20N2O2/c1-5-6-9-7-10(15)14-12(13-9)11(16-4)8(2)3/h7-8,11H,5-6H2,1-4H3,(H,13,14,15). The Kier molecular flexibility index (Phi) is 4.68. The zero-order valence-electron chi connectivity index (χ0n) is 10.4. The summed E-state index contributed by atoms with van der Waals surface area (Å²) in [6.07, 6.45) is 1.66. The number of methoxy groups -OCH3 is 1. The molecule has 0 spiro atoms. The van der Waals surface area contributed by atoms with Crippen LogP contribution >= 0.6 is 0 Å². The van der Waals surface area contributed by atoms with Crippen LogP contribution in [0.5, 0.6) is 0 Å². The third-order valence-electron chi connectivity index (χ3n) is 2.45. The maximum absolute atomic E-state index is 11.5. The second kappa shape index (κ2) is 5.80. The van der Waals surface area contributed by atoms with Gasteiger partial charge in [-0.15, -0.1) is 0 Å². The zero-order valence-corrected chi connectivity index (χ0v) is 10.4. The highest BCUT2D eigenvalue weighted by Crippen LogP contribution is 2.20. The van der Waals surface area contributed by atoms with Crippen molar-refractivity contribution in [1.82, 2.24) is 9.97 Å². The Morgan fingerprint density at radius 2 is 2.19 bits per heavy atom. The molecule has 1 unspecified atom stereocenters. The van der Waals surface area contributed by atoms with E-state index in [9.17, 15) is 4.79 Å². The Labute approximate surface area is 96.1 Å². The van der Waals surface area contributed by atoms with E-state index < -0.39 is 0 Å². The molecule has 0 fully saturated rings. The maximum Gasteiger partial charge on any atom is 0.251 e. The first kappa shape index (κ1) is 12.9. The number of hydrogen-bond donors (Lipinski definition) is 1. The molecule has 16 heavy (non-hydrogen) atoms. The van der Waals surface area contributed by atoms with Gasteiger partial charge in [0.1, 0.15) is 11.9 Å². The summed E-state index contributed by atoms with van der Waals surface area (Å²) in [6.45, 7) is 6.15. The molecule has 90 valence electrons. The number of nitrogens with zero attached hydrogens (tertiary/aromatic N) is 1. The second-order valence-corrected chi connectivity index (χ2v) is 4.27. The van der Waals surface area contributed by atoms with Crippen LogP contribution in [0.2, 0.25) is 0 Å². The minimum atomic E-state index is -0.149. The van der Waals surface area contributed by atoms with E-state index in [1.165, 1.54) is 0 Å². The smallest absolute Gasteiger partial charge is 0.251 e. The third kappa shape index (κ3) is 3.17. The molecule has 0 aliphatic rings. The molecule has 1 rings (SSSR count). The average molecular weight is 224 g/mol. The van der Waals surface area contributed by atoms with Crippen molar-refractivity contribution in [3.63, 3.8) is 0 Å². The van der Waals surface area contributed by atoms with Crippen molar-refractivity contribution in [3.05, 3.63) is 27.9 Å². The lowest BCUT2D eigenvalue weighted by atomic mass is 10.1. The quantitative estimate of drug-likeness (QED) is 0.833. The molecule has 0 bridgehead atoms. The molecule has 0 saturated heterocycles. The number of hydrogen-bond acceptors (Lipinski definition) is 3. The number of aryl methyl sites for hydroxylation is 1. The summed E-state index contributed by atoms with van der Waals surface area (Å²) < 4.78 is 5.35. The van der Waals surface area contributed by atoms with E-state index in [0.717, 1.165) is 18.5 Å². The van der Waals surface area contributed by atoms with Crippen LogP contribution in [0.1, 0.15) is 44.8 Å². The van der Waals surface area contributed by atoms with Crippen molar-refractivity contribution >= 4 is 0 Å². The van der Waals surface area contributed by atoms with E-state index >= 15 is 0 Å². The van der Waals surface area contributed by atoms with Crippen molar-refractivity contribution in [2.75, 3.05) is 7.11 Å². The largest absolute Gasteiger partial charge is 0.373 e. The Balaban J connectivity index is 3.07. The van der Waals surface area contributed by atoms with E-state index in [4.69, 9.17) is 4.74 Å². The number of aromatic nitrogens is 2. The molecule has 0 aliphatic carbocycles. The van der Waals surface area contributed by atoms with Crippen LogP contribution in [0.3, 0.4) is 0 Å². The van der Waals surface area contributed by atoms with Gasteiger partial charge in [0.15, 0.2) is 0 Å². The van der Waals surface area contributed by atoms with Crippen LogP contribution in [-0.2, 0) is 11.2 Å². The predicted octanol–water partition coefficient (Wildman–Crippen LogP) is 2.07. The van der Waals surface area contributed by atoms with Crippen LogP contribution in [0.15, 0.2) is 10.9 Å². The molecule has 1 heterocycles. The highest BCUT2D eigenvalue weighted by atomic mass is 16.5. The molecule has 0 aliphatic heterocycles. The van der Waals surface area contributed by atoms with Crippen molar-refractivity contribution in [3.8, 4) is 0 Å². The van der Waals surface area contributed by atoms with E-state index in [-0.39, 0.29) is 17.6 Å². The fourth-order valence-electron chi connectivity index (χ4n) is 1.75. The first-order valence-electron chi connectivity index (χ1n) is 5.71. The van der Waals surface area contributed by atoms with Gasteiger partial charge in [-0.05, 0) is 12.3 Å². The topological polar surface area (TPSA) is 55.0 Å². The van der Waals surface area contributed by atoms with Gasteiger partial charge in [0.05, 0.1) is 0 Å². The molecule has 1 aromatic rings. The molecule has 1 N–H and O–H groups in total. The van der Waals surface area contributed by atoms with Gasteiger partial charge >= 0.3 is 0 Å². The summed E-state index contributed by atoms with van der Waals surface area (Å²) in [5.41, 5.74) is 0.736. The molecule has 0 aromatic carbocycles. The molecule has 4 nitrogen and oxygen atoms in total. The van der Waals surface area contributed by atoms with Crippen molar-refractivity contribution in [2.24, 2.45) is 5.92 Å². The lowest BCUT2D eigenvalue weighted by molar-refractivity contribution is 0.0570. The lowest BCUT2D eigenvalue weighted by Crippen LogP contribution is -2.19. The molecule has 0 saturated carbocycles. The van der Waals surface area contributed by atoms with Crippen molar-refractivity contribution in [2.45, 2.75) is 39.7 Å². The summed E-state index contributed by atoms with van der Waals surface area (Å²) in [6, 6.07) is 1.56. The number of aromatic amines is 1. The van der Waals surface area contributed by atoms with Gasteiger partial charge in [0.2, 0.25) is 0 Å². The first-order chi connectivity index (χ1) is 7.58. The average Bonchev–Trinajstić information content (AvgIpc) is 2.17. The maximum atomic E-state index is 11.5. The highest BCUT2D eigenvalue weighted by molar-refractivity contribution is 5.05. The van der Waals surface area contributed by atoms with Crippen molar-refractivity contribution < 1.29 is 4.74 Å². The second-order valence-electron chi connectivity index (χ2n) is 4.27. The normalized spacial score (nSPS) is 13.1. The summed E-state index contributed by atoms with van der Waals surface area (Å²) in [7, 11) is 1.64. The van der Waals surface area contributed by atoms with E-state index in [1.54, 1.807) is 13.2 Å². The number of rotatable bonds is 5. The van der Waals surface area contributed by atoms with Crippen LogP contribution in [0.25, 0.3) is 0 Å². The summed E-state index contributed by atoms with van der Waals surface area (Å²) >= 11 is 0. The predicted molar refractivity (Wildman–Crippen MR) is 63.4 cm³/mol. The SMILES string of the molecule is CCCc1cc(=O)[nH]c(C(OC)C(C)C)n1. The van der Waals surface area contributed by atoms with Gasteiger partial charge in [-0.3, -0.25) is 4.79 Å². The van der Waals surface area contributed by atoms with Gasteiger partial charge < -0.3 is 9.72 Å². The van der Waals surface area contributed by atoms with E-state index in [1.807, 2.05) is 13.8 Å². The Morgan fingerprint density at radius 3 is 2.69 bits per heavy atom. The monoisotopic (exact) mass is 224 g/mol. The van der Waals surface area contributed by atoms with Gasteiger partial charge in [-0.25, -0.2) is 4.98 Å². The molecule has 0 radical (unpaired) electrons. The van der Waals surface area contributed by atoms with Crippen LogP contribution in [0, 0.1) is 5.92 Å². The molecular weight excluding hydrogens is 204 g/mol. The summed E-state index contributed by atoms with van der Waals surface area (Å²) in [5.74, 6) is 0.915. The Bertz CT molecular complexity index is 385. The van der Waals surface area contributed by atoms with Crippen LogP contribution in [0.4, 0.5) is 0 Å². The van der Waals surface area contributed by atoms with E-state index in [2.05, 4.69) is 16.9 Å². The van der Waals surface area contributed by atoms with Gasteiger partial charge in [0.25, 0.3) is 5.56 Å². The number of H-pyrrole nitrogens is 1. The fraction of sp³-hybridized carbons (Fsp3) is 0.667. The van der Waals surface area contributed by atoms with Crippen LogP contribution in [-0.4, -0.2) is 17.1 Å². The lowest BCUT2D eigenvalue weighted by Gasteiger charge is -2.18. The molecular formula is C12H20N2O2. The zero-order chi connectivity index (χ0) is 12.1. The van der Waals surface area contributed by atoms with Gasteiger partial charge in [-0.2, -0.15) is 0 Å². The molecule has 1 atom stereocenters. The fourth-order valence-corrected chi connectivity index (χ4v) is 1.75. The first-order valence-corrected chi connectivity index (χ1v) is 5.71. The third-order valence-corrected chi connectivity index (χ3v) is 2.45. The highest BCUT2D eigenvalue weighted by Gasteiger charge is 2.18. The van der Waals surface area contributed by atoms with Crippen molar-refractivity contribution in [1.29, 1.82) is 0 Å². The molecule has 0 amide bonds. The minimum absolute atomic E-state index is 0.101. The minimum Gasteiger partial charge on any atom is -0.373 e. The van der Waals surface area contributed by atoms with Gasteiger partial charge in [-0.1, -0.05) is 27.2 Å².